The molecule has 2 aromatic carbocycles. The standard InChI is InChI=1S/C28H32F6O2/c1-3-6-19(18-36-24-13-11-23(12-14-24)28(32,33)34)17-20(4-2)25(35)26(15-5-16-26)21-7-9-22(10-8-21)27(29,30)31/h7-14,19-20H,3-6,15-18H2,1-2H3. The summed E-state index contributed by atoms with van der Waals surface area (Å²) in [6.45, 7) is 4.22. The number of ether oxygens (including phenoxy) is 1. The molecule has 2 nitrogen and oxygen atoms in total. The van der Waals surface area contributed by atoms with Crippen LogP contribution in [0.4, 0.5) is 26.3 Å². The lowest BCUT2D eigenvalue weighted by molar-refractivity contribution is -0.138. The minimum atomic E-state index is -4.43. The number of rotatable bonds is 11. The van der Waals surface area contributed by atoms with Crippen LogP contribution in [0.2, 0.25) is 0 Å². The predicted octanol–water partition coefficient (Wildman–Crippen LogP) is 8.63. The zero-order valence-corrected chi connectivity index (χ0v) is 20.5. The second kappa shape index (κ2) is 11.3. The van der Waals surface area contributed by atoms with Gasteiger partial charge >= 0.3 is 12.4 Å². The summed E-state index contributed by atoms with van der Waals surface area (Å²) in [6, 6.07) is 9.50. The molecule has 2 aromatic rings. The van der Waals surface area contributed by atoms with Gasteiger partial charge in [0.2, 0.25) is 0 Å². The van der Waals surface area contributed by atoms with Crippen molar-refractivity contribution in [2.75, 3.05) is 6.61 Å². The number of ketones is 1. The van der Waals surface area contributed by atoms with Crippen molar-refractivity contribution in [2.45, 2.75) is 76.6 Å². The summed E-state index contributed by atoms with van der Waals surface area (Å²) in [5.41, 5.74) is -1.59. The first-order chi connectivity index (χ1) is 16.9. The van der Waals surface area contributed by atoms with E-state index in [1.54, 1.807) is 0 Å². The van der Waals surface area contributed by atoms with Gasteiger partial charge < -0.3 is 4.74 Å². The molecule has 36 heavy (non-hydrogen) atoms. The van der Waals surface area contributed by atoms with E-state index in [0.717, 1.165) is 43.5 Å². The summed E-state index contributed by atoms with van der Waals surface area (Å²) in [6.07, 6.45) is -3.95. The normalized spacial score (nSPS) is 17.2. The van der Waals surface area contributed by atoms with Gasteiger partial charge in [0.1, 0.15) is 11.5 Å². The van der Waals surface area contributed by atoms with Crippen molar-refractivity contribution in [3.63, 3.8) is 0 Å². The molecule has 0 saturated heterocycles. The molecule has 0 spiro atoms. The molecular formula is C28H32F6O2. The first-order valence-electron chi connectivity index (χ1n) is 12.4. The first-order valence-corrected chi connectivity index (χ1v) is 12.4. The molecule has 0 N–H and O–H groups in total. The van der Waals surface area contributed by atoms with Gasteiger partial charge in [0, 0.05) is 5.92 Å². The molecule has 1 aliphatic carbocycles. The van der Waals surface area contributed by atoms with E-state index in [-0.39, 0.29) is 24.2 Å². The van der Waals surface area contributed by atoms with Crippen LogP contribution in [-0.2, 0) is 22.6 Å². The summed E-state index contributed by atoms with van der Waals surface area (Å²) >= 11 is 0. The Morgan fingerprint density at radius 2 is 1.42 bits per heavy atom. The minimum absolute atomic E-state index is 0.0240. The molecule has 0 bridgehead atoms. The van der Waals surface area contributed by atoms with Crippen LogP contribution < -0.4 is 4.74 Å². The maximum atomic E-state index is 13.7. The van der Waals surface area contributed by atoms with Gasteiger partial charge in [-0.05, 0) is 80.0 Å². The molecule has 198 valence electrons. The van der Waals surface area contributed by atoms with Crippen molar-refractivity contribution in [1.29, 1.82) is 0 Å². The van der Waals surface area contributed by atoms with Crippen LogP contribution in [0.1, 0.15) is 75.5 Å². The van der Waals surface area contributed by atoms with Crippen LogP contribution in [0, 0.1) is 11.8 Å². The van der Waals surface area contributed by atoms with Crippen LogP contribution in [0.25, 0.3) is 0 Å². The molecular weight excluding hydrogens is 482 g/mol. The van der Waals surface area contributed by atoms with Crippen LogP contribution in [0.5, 0.6) is 5.75 Å². The molecule has 1 saturated carbocycles. The van der Waals surface area contributed by atoms with Crippen molar-refractivity contribution in [3.8, 4) is 5.75 Å². The summed E-state index contributed by atoms with van der Waals surface area (Å²) in [7, 11) is 0. The van der Waals surface area contributed by atoms with Gasteiger partial charge in [-0.3, -0.25) is 4.79 Å². The molecule has 0 amide bonds. The van der Waals surface area contributed by atoms with E-state index < -0.39 is 28.9 Å². The molecule has 2 unspecified atom stereocenters. The summed E-state index contributed by atoms with van der Waals surface area (Å²) in [5.74, 6) is 0.145. The quantitative estimate of drug-likeness (QED) is 0.281. The van der Waals surface area contributed by atoms with Gasteiger partial charge in [-0.1, -0.05) is 38.8 Å². The number of hydrogen-bond acceptors (Lipinski definition) is 2. The summed E-state index contributed by atoms with van der Waals surface area (Å²) in [5, 5.41) is 0. The Kier molecular flexibility index (Phi) is 8.78. The zero-order valence-electron chi connectivity index (χ0n) is 20.5. The monoisotopic (exact) mass is 514 g/mol. The highest BCUT2D eigenvalue weighted by molar-refractivity contribution is 5.93. The van der Waals surface area contributed by atoms with Gasteiger partial charge in [0.15, 0.2) is 0 Å². The second-order valence-corrected chi connectivity index (χ2v) is 9.70. The largest absolute Gasteiger partial charge is 0.493 e. The van der Waals surface area contributed by atoms with Gasteiger partial charge in [0.05, 0.1) is 23.1 Å². The summed E-state index contributed by atoms with van der Waals surface area (Å²) < 4.78 is 83.2. The number of carbonyl (C=O) groups excluding carboxylic acids is 1. The van der Waals surface area contributed by atoms with E-state index in [4.69, 9.17) is 4.74 Å². The van der Waals surface area contributed by atoms with Crippen LogP contribution >= 0.6 is 0 Å². The number of halogens is 6. The third kappa shape index (κ3) is 6.43. The minimum Gasteiger partial charge on any atom is -0.493 e. The highest BCUT2D eigenvalue weighted by atomic mass is 19.4. The number of benzene rings is 2. The molecule has 0 radical (unpaired) electrons. The third-order valence-corrected chi connectivity index (χ3v) is 7.29. The smallest absolute Gasteiger partial charge is 0.416 e. The van der Waals surface area contributed by atoms with Crippen molar-refractivity contribution in [1.82, 2.24) is 0 Å². The topological polar surface area (TPSA) is 26.3 Å². The molecule has 1 fully saturated rings. The summed E-state index contributed by atoms with van der Waals surface area (Å²) in [4.78, 5) is 13.7. The van der Waals surface area contributed by atoms with Crippen LogP contribution in [-0.4, -0.2) is 12.4 Å². The Morgan fingerprint density at radius 3 is 1.83 bits per heavy atom. The van der Waals surface area contributed by atoms with Crippen LogP contribution in [0.15, 0.2) is 48.5 Å². The zero-order chi connectivity index (χ0) is 26.6. The van der Waals surface area contributed by atoms with Gasteiger partial charge in [-0.2, -0.15) is 26.3 Å². The van der Waals surface area contributed by atoms with Gasteiger partial charge in [0.25, 0.3) is 0 Å². The lowest BCUT2D eigenvalue weighted by Crippen LogP contribution is -2.46. The Morgan fingerprint density at radius 1 is 0.889 bits per heavy atom. The van der Waals surface area contributed by atoms with E-state index in [1.807, 2.05) is 13.8 Å². The van der Waals surface area contributed by atoms with Crippen molar-refractivity contribution >= 4 is 5.78 Å². The van der Waals surface area contributed by atoms with E-state index in [0.29, 0.717) is 37.0 Å². The lowest BCUT2D eigenvalue weighted by Gasteiger charge is -2.43. The first kappa shape index (κ1) is 28.1. The number of carbonyl (C=O) groups is 1. The average Bonchev–Trinajstić information content (AvgIpc) is 2.79. The van der Waals surface area contributed by atoms with Crippen molar-refractivity contribution in [2.24, 2.45) is 11.8 Å². The fraction of sp³-hybridized carbons (Fsp3) is 0.536. The predicted molar refractivity (Wildman–Crippen MR) is 126 cm³/mol. The van der Waals surface area contributed by atoms with E-state index in [9.17, 15) is 31.1 Å². The van der Waals surface area contributed by atoms with E-state index >= 15 is 0 Å². The Balaban J connectivity index is 1.70. The van der Waals surface area contributed by atoms with Crippen LogP contribution in [0.3, 0.4) is 0 Å². The number of Topliss-reactive ketones (excluding diaryl/α,β-unsaturated/α-hetero) is 1. The maximum absolute atomic E-state index is 13.7. The van der Waals surface area contributed by atoms with Gasteiger partial charge in [-0.25, -0.2) is 0 Å². The maximum Gasteiger partial charge on any atom is 0.416 e. The highest BCUT2D eigenvalue weighted by Gasteiger charge is 2.48. The van der Waals surface area contributed by atoms with E-state index in [2.05, 4.69) is 0 Å². The molecule has 0 aromatic heterocycles. The molecule has 0 heterocycles. The SMILES string of the molecule is CCCC(COc1ccc(C(F)(F)F)cc1)CC(CC)C(=O)C1(c2ccc(C(F)(F)F)cc2)CCC1. The Bertz CT molecular complexity index is 989. The molecule has 2 atom stereocenters. The fourth-order valence-electron chi connectivity index (χ4n) is 5.07. The van der Waals surface area contributed by atoms with E-state index in [1.165, 1.54) is 24.3 Å². The molecule has 0 aliphatic heterocycles. The number of alkyl halides is 6. The lowest BCUT2D eigenvalue weighted by atomic mass is 9.58. The van der Waals surface area contributed by atoms with Crippen molar-refractivity contribution < 1.29 is 35.9 Å². The Labute approximate surface area is 208 Å². The molecule has 1 aliphatic rings. The van der Waals surface area contributed by atoms with Crippen molar-refractivity contribution in [3.05, 3.63) is 65.2 Å². The Hall–Kier alpha value is -2.51. The molecule has 8 heteroatoms. The fourth-order valence-corrected chi connectivity index (χ4v) is 5.07. The molecule has 3 rings (SSSR count). The number of hydrogen-bond donors (Lipinski definition) is 0. The average molecular weight is 515 g/mol. The highest BCUT2D eigenvalue weighted by Crippen LogP contribution is 2.48. The third-order valence-electron chi connectivity index (χ3n) is 7.29. The second-order valence-electron chi connectivity index (χ2n) is 9.70. The van der Waals surface area contributed by atoms with Gasteiger partial charge in [-0.15, -0.1) is 0 Å².